The smallest absolute Gasteiger partial charge is 0.318 e. The molecule has 2 aromatic heterocycles. The van der Waals surface area contributed by atoms with Crippen LogP contribution in [0.25, 0.3) is 16.9 Å². The molecule has 9 heteroatoms. The third-order valence-corrected chi connectivity index (χ3v) is 4.55. The zero-order chi connectivity index (χ0) is 18.2. The number of fused-ring (bicyclic) bond motifs is 1. The van der Waals surface area contributed by atoms with Crippen molar-refractivity contribution in [3.8, 4) is 5.69 Å². The van der Waals surface area contributed by atoms with Crippen molar-refractivity contribution in [2.75, 3.05) is 5.75 Å². The first-order chi connectivity index (χ1) is 11.8. The summed E-state index contributed by atoms with van der Waals surface area (Å²) < 4.78 is 40.3. The second-order valence-corrected chi connectivity index (χ2v) is 6.67. The summed E-state index contributed by atoms with van der Waals surface area (Å²) in [6, 6.07) is 7.13. The zero-order valence-corrected chi connectivity index (χ0v) is 14.4. The molecule has 5 nitrogen and oxygen atoms in total. The predicted molar refractivity (Wildman–Crippen MR) is 90.2 cm³/mol. The molecule has 0 fully saturated rings. The molecular formula is C16H15F3N4OS. The van der Waals surface area contributed by atoms with Gasteiger partial charge in [0, 0.05) is 12.8 Å². The molecule has 0 saturated carbocycles. The van der Waals surface area contributed by atoms with E-state index in [9.17, 15) is 18.0 Å². The molecule has 0 aliphatic heterocycles. The Kier molecular flexibility index (Phi) is 4.59. The molecule has 0 spiro atoms. The minimum atomic E-state index is -4.25. The summed E-state index contributed by atoms with van der Waals surface area (Å²) in [6.07, 6.45) is -3.74. The summed E-state index contributed by atoms with van der Waals surface area (Å²) in [5.74, 6) is -0.217. The van der Waals surface area contributed by atoms with E-state index in [0.717, 1.165) is 17.3 Å². The number of thioether (sulfide) groups is 1. The van der Waals surface area contributed by atoms with E-state index in [1.807, 2.05) is 19.1 Å². The van der Waals surface area contributed by atoms with E-state index < -0.39 is 18.2 Å². The monoisotopic (exact) mass is 368 g/mol. The topological polar surface area (TPSA) is 52.7 Å². The number of hydrogen-bond acceptors (Lipinski definition) is 4. The summed E-state index contributed by atoms with van der Waals surface area (Å²) >= 11 is 0.905. The minimum Gasteiger partial charge on any atom is -0.318 e. The van der Waals surface area contributed by atoms with Crippen molar-refractivity contribution < 1.29 is 13.2 Å². The number of halogens is 3. The van der Waals surface area contributed by atoms with E-state index in [2.05, 4.69) is 9.97 Å². The fourth-order valence-electron chi connectivity index (χ4n) is 2.32. The molecule has 25 heavy (non-hydrogen) atoms. The van der Waals surface area contributed by atoms with Crippen LogP contribution in [0.4, 0.5) is 13.2 Å². The van der Waals surface area contributed by atoms with Gasteiger partial charge in [0.25, 0.3) is 5.56 Å². The molecular weight excluding hydrogens is 353 g/mol. The number of alkyl halides is 3. The molecule has 3 aromatic rings. The molecule has 0 saturated heterocycles. The standard InChI is InChI=1S/C16H15F3N4OS/c1-10-3-5-11(6-4-10)23-14(24)12-13(22(2)9-20-12)21-15(23)25-8-7-16(17,18)19/h3-6,9H,7-8H2,1-2H3. The van der Waals surface area contributed by atoms with Crippen LogP contribution >= 0.6 is 11.8 Å². The van der Waals surface area contributed by atoms with Gasteiger partial charge in [-0.05, 0) is 19.1 Å². The normalized spacial score (nSPS) is 12.0. The molecule has 3 rings (SSSR count). The van der Waals surface area contributed by atoms with E-state index in [0.29, 0.717) is 11.3 Å². The number of benzene rings is 1. The van der Waals surface area contributed by atoms with Gasteiger partial charge in [-0.3, -0.25) is 9.36 Å². The minimum absolute atomic E-state index is 0.184. The van der Waals surface area contributed by atoms with Gasteiger partial charge in [-0.15, -0.1) is 0 Å². The maximum absolute atomic E-state index is 12.8. The third kappa shape index (κ3) is 3.71. The van der Waals surface area contributed by atoms with Gasteiger partial charge in [0.05, 0.1) is 18.4 Å². The van der Waals surface area contributed by atoms with Gasteiger partial charge in [0.1, 0.15) is 0 Å². The average molecular weight is 368 g/mol. The van der Waals surface area contributed by atoms with Crippen molar-refractivity contribution in [2.24, 2.45) is 7.05 Å². The lowest BCUT2D eigenvalue weighted by molar-refractivity contribution is -0.129. The molecule has 1 aromatic carbocycles. The molecule has 2 heterocycles. The van der Waals surface area contributed by atoms with Crippen LogP contribution in [0.5, 0.6) is 0 Å². The van der Waals surface area contributed by atoms with Crippen molar-refractivity contribution in [1.82, 2.24) is 19.1 Å². The lowest BCUT2D eigenvalue weighted by atomic mass is 10.2. The van der Waals surface area contributed by atoms with Gasteiger partial charge < -0.3 is 4.57 Å². The van der Waals surface area contributed by atoms with E-state index >= 15 is 0 Å². The summed E-state index contributed by atoms with van der Waals surface area (Å²) in [6.45, 7) is 1.91. The Morgan fingerprint density at radius 3 is 2.52 bits per heavy atom. The quantitative estimate of drug-likeness (QED) is 0.523. The van der Waals surface area contributed by atoms with Crippen molar-refractivity contribution in [2.45, 2.75) is 24.7 Å². The van der Waals surface area contributed by atoms with E-state index in [-0.39, 0.29) is 16.4 Å². The Hall–Kier alpha value is -2.29. The van der Waals surface area contributed by atoms with Gasteiger partial charge in [-0.25, -0.2) is 9.97 Å². The number of aromatic nitrogens is 4. The lowest BCUT2D eigenvalue weighted by Crippen LogP contribution is -2.22. The maximum atomic E-state index is 12.8. The summed E-state index contributed by atoms with van der Waals surface area (Å²) in [5.41, 5.74) is 1.69. The van der Waals surface area contributed by atoms with Crippen molar-refractivity contribution in [3.05, 3.63) is 46.5 Å². The molecule has 0 unspecified atom stereocenters. The van der Waals surface area contributed by atoms with Gasteiger partial charge in [-0.2, -0.15) is 13.2 Å². The van der Waals surface area contributed by atoms with Crippen LogP contribution in [0, 0.1) is 6.92 Å². The fourth-order valence-corrected chi connectivity index (χ4v) is 3.30. The highest BCUT2D eigenvalue weighted by Gasteiger charge is 2.27. The maximum Gasteiger partial charge on any atom is 0.389 e. The van der Waals surface area contributed by atoms with Crippen molar-refractivity contribution in [3.63, 3.8) is 0 Å². The van der Waals surface area contributed by atoms with Gasteiger partial charge in [0.15, 0.2) is 16.3 Å². The Morgan fingerprint density at radius 2 is 1.88 bits per heavy atom. The molecule has 0 N–H and O–H groups in total. The zero-order valence-electron chi connectivity index (χ0n) is 13.5. The third-order valence-electron chi connectivity index (χ3n) is 3.61. The number of hydrogen-bond donors (Lipinski definition) is 0. The summed E-state index contributed by atoms with van der Waals surface area (Å²) in [4.78, 5) is 21.3. The molecule has 0 atom stereocenters. The Morgan fingerprint density at radius 1 is 1.20 bits per heavy atom. The molecule has 132 valence electrons. The lowest BCUT2D eigenvalue weighted by Gasteiger charge is -2.13. The second kappa shape index (κ2) is 6.55. The van der Waals surface area contributed by atoms with Crippen LogP contribution in [0.3, 0.4) is 0 Å². The molecule has 0 aliphatic rings. The van der Waals surface area contributed by atoms with Gasteiger partial charge >= 0.3 is 6.18 Å². The van der Waals surface area contributed by atoms with E-state index in [1.165, 1.54) is 10.9 Å². The number of aryl methyl sites for hydroxylation is 2. The highest BCUT2D eigenvalue weighted by Crippen LogP contribution is 2.26. The first kappa shape index (κ1) is 17.5. The highest BCUT2D eigenvalue weighted by molar-refractivity contribution is 7.99. The number of nitrogens with zero attached hydrogens (tertiary/aromatic N) is 4. The first-order valence-electron chi connectivity index (χ1n) is 7.47. The van der Waals surface area contributed by atoms with Crippen molar-refractivity contribution in [1.29, 1.82) is 0 Å². The van der Waals surface area contributed by atoms with Crippen molar-refractivity contribution >= 4 is 22.9 Å². The first-order valence-corrected chi connectivity index (χ1v) is 8.45. The summed E-state index contributed by atoms with van der Waals surface area (Å²) in [7, 11) is 1.68. The molecule has 0 bridgehead atoms. The second-order valence-electron chi connectivity index (χ2n) is 5.61. The Bertz CT molecular complexity index is 960. The van der Waals surface area contributed by atoms with Crippen LogP contribution in [-0.4, -0.2) is 31.0 Å². The molecule has 0 amide bonds. The van der Waals surface area contributed by atoms with E-state index in [1.54, 1.807) is 23.7 Å². The van der Waals surface area contributed by atoms with Crippen LogP contribution in [-0.2, 0) is 7.05 Å². The number of rotatable bonds is 4. The van der Waals surface area contributed by atoms with Crippen LogP contribution in [0.15, 0.2) is 40.5 Å². The summed E-state index contributed by atoms with van der Waals surface area (Å²) in [5, 5.41) is 0.217. The average Bonchev–Trinajstić information content (AvgIpc) is 2.89. The molecule has 0 aliphatic carbocycles. The van der Waals surface area contributed by atoms with Gasteiger partial charge in [0.2, 0.25) is 0 Å². The molecule has 0 radical (unpaired) electrons. The van der Waals surface area contributed by atoms with Gasteiger partial charge in [-0.1, -0.05) is 29.5 Å². The fraction of sp³-hybridized carbons (Fsp3) is 0.312. The Labute approximate surface area is 145 Å². The SMILES string of the molecule is Cc1ccc(-n2c(SCCC(F)(F)F)nc3c(ncn3C)c2=O)cc1. The van der Waals surface area contributed by atoms with E-state index in [4.69, 9.17) is 0 Å². The van der Waals surface area contributed by atoms with Crippen LogP contribution in [0.1, 0.15) is 12.0 Å². The van der Waals surface area contributed by atoms with Crippen LogP contribution < -0.4 is 5.56 Å². The Balaban J connectivity index is 2.11. The largest absolute Gasteiger partial charge is 0.389 e. The van der Waals surface area contributed by atoms with Crippen LogP contribution in [0.2, 0.25) is 0 Å². The highest BCUT2D eigenvalue weighted by atomic mass is 32.2. The predicted octanol–water partition coefficient (Wildman–Crippen LogP) is 3.47. The number of imidazole rings is 1.